The first-order valence-electron chi connectivity index (χ1n) is 5.32. The lowest BCUT2D eigenvalue weighted by Gasteiger charge is -2.15. The molecule has 0 fully saturated rings. The largest absolute Gasteiger partial charge is 0.126 e. The van der Waals surface area contributed by atoms with Crippen molar-refractivity contribution in [2.75, 3.05) is 5.88 Å². The van der Waals surface area contributed by atoms with Gasteiger partial charge in [-0.1, -0.05) is 44.2 Å². The van der Waals surface area contributed by atoms with Crippen molar-refractivity contribution < 1.29 is 0 Å². The summed E-state index contributed by atoms with van der Waals surface area (Å²) in [6.45, 7) is 4.51. The van der Waals surface area contributed by atoms with Crippen LogP contribution in [-0.4, -0.2) is 5.88 Å². The van der Waals surface area contributed by atoms with Gasteiger partial charge >= 0.3 is 0 Å². The van der Waals surface area contributed by atoms with Crippen molar-refractivity contribution in [3.63, 3.8) is 0 Å². The minimum Gasteiger partial charge on any atom is -0.126 e. The SMILES string of the molecule is CC(C)CC(CCl)Cc1ccccc1. The summed E-state index contributed by atoms with van der Waals surface area (Å²) in [6.07, 6.45) is 2.33. The predicted molar refractivity (Wildman–Crippen MR) is 63.8 cm³/mol. The molecule has 1 aromatic carbocycles. The van der Waals surface area contributed by atoms with Crippen LogP contribution >= 0.6 is 11.6 Å². The van der Waals surface area contributed by atoms with Crippen molar-refractivity contribution in [2.45, 2.75) is 26.7 Å². The van der Waals surface area contributed by atoms with Gasteiger partial charge in [-0.05, 0) is 30.2 Å². The van der Waals surface area contributed by atoms with Crippen LogP contribution < -0.4 is 0 Å². The summed E-state index contributed by atoms with van der Waals surface area (Å²) in [5.74, 6) is 2.13. The summed E-state index contributed by atoms with van der Waals surface area (Å²) in [5.41, 5.74) is 1.40. The van der Waals surface area contributed by atoms with E-state index in [1.807, 2.05) is 0 Å². The molecular weight excluding hydrogens is 192 g/mol. The van der Waals surface area contributed by atoms with E-state index in [1.165, 1.54) is 12.0 Å². The highest BCUT2D eigenvalue weighted by molar-refractivity contribution is 6.18. The van der Waals surface area contributed by atoms with E-state index >= 15 is 0 Å². The zero-order valence-electron chi connectivity index (χ0n) is 9.04. The Morgan fingerprint density at radius 2 is 1.79 bits per heavy atom. The van der Waals surface area contributed by atoms with Crippen molar-refractivity contribution >= 4 is 11.6 Å². The van der Waals surface area contributed by atoms with Gasteiger partial charge in [0.2, 0.25) is 0 Å². The van der Waals surface area contributed by atoms with E-state index < -0.39 is 0 Å². The molecule has 0 saturated carbocycles. The number of hydrogen-bond donors (Lipinski definition) is 0. The number of alkyl halides is 1. The van der Waals surface area contributed by atoms with Gasteiger partial charge in [-0.3, -0.25) is 0 Å². The van der Waals surface area contributed by atoms with E-state index in [0.717, 1.165) is 18.2 Å². The van der Waals surface area contributed by atoms with Crippen molar-refractivity contribution in [1.29, 1.82) is 0 Å². The molecule has 0 radical (unpaired) electrons. The Morgan fingerprint density at radius 1 is 1.14 bits per heavy atom. The van der Waals surface area contributed by atoms with Gasteiger partial charge in [-0.25, -0.2) is 0 Å². The van der Waals surface area contributed by atoms with Crippen molar-refractivity contribution in [1.82, 2.24) is 0 Å². The second kappa shape index (κ2) is 6.08. The van der Waals surface area contributed by atoms with Crippen LogP contribution in [0.5, 0.6) is 0 Å². The normalized spacial score (nSPS) is 13.1. The van der Waals surface area contributed by atoms with E-state index in [-0.39, 0.29) is 0 Å². The monoisotopic (exact) mass is 210 g/mol. The number of benzene rings is 1. The summed E-state index contributed by atoms with van der Waals surface area (Å²) in [6, 6.07) is 10.6. The van der Waals surface area contributed by atoms with Gasteiger partial charge in [0.25, 0.3) is 0 Å². The molecule has 0 aliphatic rings. The van der Waals surface area contributed by atoms with Crippen LogP contribution in [0.4, 0.5) is 0 Å². The Hall–Kier alpha value is -0.490. The molecule has 0 saturated heterocycles. The Labute approximate surface area is 92.3 Å². The smallest absolute Gasteiger partial charge is 0.0255 e. The molecule has 78 valence electrons. The maximum absolute atomic E-state index is 5.96. The van der Waals surface area contributed by atoms with Crippen molar-refractivity contribution in [3.8, 4) is 0 Å². The Kier molecular flexibility index (Phi) is 5.03. The molecule has 0 amide bonds. The van der Waals surface area contributed by atoms with Crippen LogP contribution in [0.2, 0.25) is 0 Å². The third-order valence-electron chi connectivity index (χ3n) is 2.39. The third-order valence-corrected chi connectivity index (χ3v) is 2.83. The minimum atomic E-state index is 0.624. The van der Waals surface area contributed by atoms with E-state index in [2.05, 4.69) is 44.2 Å². The fraction of sp³-hybridized carbons (Fsp3) is 0.538. The average molecular weight is 211 g/mol. The molecule has 0 nitrogen and oxygen atoms in total. The minimum absolute atomic E-state index is 0.624. The molecule has 0 aliphatic carbocycles. The standard InChI is InChI=1S/C13H19Cl/c1-11(2)8-13(10-14)9-12-6-4-3-5-7-12/h3-7,11,13H,8-10H2,1-2H3. The van der Waals surface area contributed by atoms with Gasteiger partial charge in [0.15, 0.2) is 0 Å². The lowest BCUT2D eigenvalue weighted by Crippen LogP contribution is -2.09. The highest BCUT2D eigenvalue weighted by atomic mass is 35.5. The van der Waals surface area contributed by atoms with E-state index in [0.29, 0.717) is 5.92 Å². The lowest BCUT2D eigenvalue weighted by atomic mass is 9.92. The summed E-state index contributed by atoms with van der Waals surface area (Å²) in [7, 11) is 0. The Bertz CT molecular complexity index is 241. The number of halogens is 1. The second-order valence-electron chi connectivity index (χ2n) is 4.34. The second-order valence-corrected chi connectivity index (χ2v) is 4.65. The molecule has 1 heteroatoms. The first-order valence-corrected chi connectivity index (χ1v) is 5.85. The summed E-state index contributed by atoms with van der Waals surface area (Å²) in [5, 5.41) is 0. The predicted octanol–water partition coefficient (Wildman–Crippen LogP) is 4.13. The molecule has 0 bridgehead atoms. The van der Waals surface area contributed by atoms with Gasteiger partial charge in [0, 0.05) is 5.88 Å². The zero-order valence-corrected chi connectivity index (χ0v) is 9.80. The summed E-state index contributed by atoms with van der Waals surface area (Å²) < 4.78 is 0. The third kappa shape index (κ3) is 4.15. The molecule has 1 atom stereocenters. The van der Waals surface area contributed by atoms with Crippen LogP contribution in [0.3, 0.4) is 0 Å². The van der Waals surface area contributed by atoms with Crippen molar-refractivity contribution in [2.24, 2.45) is 11.8 Å². The maximum Gasteiger partial charge on any atom is 0.0255 e. The maximum atomic E-state index is 5.96. The number of rotatable bonds is 5. The quantitative estimate of drug-likeness (QED) is 0.642. The van der Waals surface area contributed by atoms with Gasteiger partial charge in [0.05, 0.1) is 0 Å². The molecule has 1 unspecified atom stereocenters. The fourth-order valence-corrected chi connectivity index (χ4v) is 2.05. The van der Waals surface area contributed by atoms with Crippen LogP contribution in [0, 0.1) is 11.8 Å². The molecule has 0 aromatic heterocycles. The summed E-state index contributed by atoms with van der Waals surface area (Å²) >= 11 is 5.96. The van der Waals surface area contributed by atoms with Gasteiger partial charge < -0.3 is 0 Å². The zero-order chi connectivity index (χ0) is 10.4. The molecule has 0 N–H and O–H groups in total. The molecule has 1 rings (SSSR count). The first kappa shape index (κ1) is 11.6. The van der Waals surface area contributed by atoms with Crippen molar-refractivity contribution in [3.05, 3.63) is 35.9 Å². The molecule has 0 spiro atoms. The Morgan fingerprint density at radius 3 is 2.29 bits per heavy atom. The van der Waals surface area contributed by atoms with Gasteiger partial charge in [-0.15, -0.1) is 11.6 Å². The van der Waals surface area contributed by atoms with E-state index in [9.17, 15) is 0 Å². The lowest BCUT2D eigenvalue weighted by molar-refractivity contribution is 0.441. The number of hydrogen-bond acceptors (Lipinski definition) is 0. The highest BCUT2D eigenvalue weighted by Crippen LogP contribution is 2.18. The molecular formula is C13H19Cl. The van der Waals surface area contributed by atoms with E-state index in [1.54, 1.807) is 0 Å². The van der Waals surface area contributed by atoms with Gasteiger partial charge in [-0.2, -0.15) is 0 Å². The van der Waals surface area contributed by atoms with Gasteiger partial charge in [0.1, 0.15) is 0 Å². The first-order chi connectivity index (χ1) is 6.72. The van der Waals surface area contributed by atoms with Crippen LogP contribution in [0.25, 0.3) is 0 Å². The van der Waals surface area contributed by atoms with E-state index in [4.69, 9.17) is 11.6 Å². The Balaban J connectivity index is 2.48. The highest BCUT2D eigenvalue weighted by Gasteiger charge is 2.10. The topological polar surface area (TPSA) is 0 Å². The van der Waals surface area contributed by atoms with Crippen LogP contribution in [0.15, 0.2) is 30.3 Å². The molecule has 0 aliphatic heterocycles. The molecule has 14 heavy (non-hydrogen) atoms. The molecule has 0 heterocycles. The van der Waals surface area contributed by atoms with Crippen LogP contribution in [-0.2, 0) is 6.42 Å². The fourth-order valence-electron chi connectivity index (χ4n) is 1.81. The average Bonchev–Trinajstić information content (AvgIpc) is 2.17. The summed E-state index contributed by atoms with van der Waals surface area (Å²) in [4.78, 5) is 0. The molecule has 1 aromatic rings. The van der Waals surface area contributed by atoms with Crippen LogP contribution in [0.1, 0.15) is 25.8 Å².